The lowest BCUT2D eigenvalue weighted by Crippen LogP contribution is -2.33. The fourth-order valence-corrected chi connectivity index (χ4v) is 0.653. The Balaban J connectivity index is 3.30. The minimum absolute atomic E-state index is 0.111. The molecule has 0 aromatic rings. The lowest BCUT2D eigenvalue weighted by molar-refractivity contribution is 0.130. The lowest BCUT2D eigenvalue weighted by Gasteiger charge is -2.16. The van der Waals surface area contributed by atoms with E-state index in [4.69, 9.17) is 5.73 Å². The summed E-state index contributed by atoms with van der Waals surface area (Å²) in [6.07, 6.45) is 0.396. The number of hydrogen-bond donors (Lipinski definition) is 2. The maximum Gasteiger partial charge on any atom is 0.0700 e. The van der Waals surface area contributed by atoms with Crippen molar-refractivity contribution < 1.29 is 5.11 Å². The van der Waals surface area contributed by atoms with Gasteiger partial charge in [0.15, 0.2) is 0 Å². The third kappa shape index (κ3) is 4.73. The topological polar surface area (TPSA) is 49.5 Å². The minimum atomic E-state index is -0.359. The van der Waals surface area contributed by atoms with Gasteiger partial charge in [0.2, 0.25) is 0 Å². The molecule has 0 saturated carbocycles. The first kappa shape index (κ1) is 9.88. The molecule has 0 heterocycles. The Bertz CT molecular complexity index is 83.7. The molecule has 0 bridgehead atoms. The molecular weight excluding hydrogens is 128 g/mol. The van der Waals surface area contributed by atoms with Crippen LogP contribution in [0.1, 0.15) is 13.3 Å². The van der Waals surface area contributed by atoms with Crippen molar-refractivity contribution in [1.29, 1.82) is 0 Å². The highest BCUT2D eigenvalue weighted by Crippen LogP contribution is 1.95. The van der Waals surface area contributed by atoms with Gasteiger partial charge in [-0.1, -0.05) is 0 Å². The Labute approximate surface area is 62.8 Å². The number of aliphatic hydroxyl groups excluding tert-OH is 1. The molecule has 3 N–H and O–H groups in total. The zero-order chi connectivity index (χ0) is 8.15. The molecule has 0 aromatic carbocycles. The van der Waals surface area contributed by atoms with E-state index < -0.39 is 0 Å². The molecular formula is C7H18N2O. The van der Waals surface area contributed by atoms with E-state index in [1.807, 2.05) is 25.9 Å². The SMILES string of the molecule is CC(N)C(O)CCN(C)C. The predicted molar refractivity (Wildman–Crippen MR) is 42.8 cm³/mol. The Morgan fingerprint density at radius 1 is 1.50 bits per heavy atom. The summed E-state index contributed by atoms with van der Waals surface area (Å²) in [5.41, 5.74) is 5.45. The molecule has 10 heavy (non-hydrogen) atoms. The van der Waals surface area contributed by atoms with Gasteiger partial charge < -0.3 is 15.7 Å². The highest BCUT2D eigenvalue weighted by atomic mass is 16.3. The molecule has 0 spiro atoms. The number of hydrogen-bond acceptors (Lipinski definition) is 3. The van der Waals surface area contributed by atoms with Crippen LogP contribution < -0.4 is 5.73 Å². The first-order chi connectivity index (χ1) is 4.54. The smallest absolute Gasteiger partial charge is 0.0700 e. The highest BCUT2D eigenvalue weighted by Gasteiger charge is 2.08. The van der Waals surface area contributed by atoms with Crippen molar-refractivity contribution in [2.75, 3.05) is 20.6 Å². The van der Waals surface area contributed by atoms with Gasteiger partial charge in [-0.05, 0) is 27.4 Å². The fraction of sp³-hybridized carbons (Fsp3) is 1.00. The van der Waals surface area contributed by atoms with Gasteiger partial charge in [-0.15, -0.1) is 0 Å². The van der Waals surface area contributed by atoms with Gasteiger partial charge in [0.1, 0.15) is 0 Å². The van der Waals surface area contributed by atoms with E-state index in [-0.39, 0.29) is 12.1 Å². The molecule has 3 heteroatoms. The first-order valence-corrected chi connectivity index (χ1v) is 3.62. The largest absolute Gasteiger partial charge is 0.391 e. The minimum Gasteiger partial charge on any atom is -0.391 e. The van der Waals surface area contributed by atoms with E-state index in [1.54, 1.807) is 0 Å². The van der Waals surface area contributed by atoms with Crippen molar-refractivity contribution in [2.45, 2.75) is 25.5 Å². The summed E-state index contributed by atoms with van der Waals surface area (Å²) >= 11 is 0. The van der Waals surface area contributed by atoms with Gasteiger partial charge in [-0.2, -0.15) is 0 Å². The van der Waals surface area contributed by atoms with E-state index in [0.717, 1.165) is 13.0 Å². The fourth-order valence-electron chi connectivity index (χ4n) is 0.653. The van der Waals surface area contributed by atoms with Crippen LogP contribution in [0.2, 0.25) is 0 Å². The number of nitrogens with zero attached hydrogens (tertiary/aromatic N) is 1. The van der Waals surface area contributed by atoms with Crippen LogP contribution in [0.3, 0.4) is 0 Å². The summed E-state index contributed by atoms with van der Waals surface area (Å²) in [5.74, 6) is 0. The molecule has 0 aromatic heterocycles. The van der Waals surface area contributed by atoms with Crippen LogP contribution >= 0.6 is 0 Å². The van der Waals surface area contributed by atoms with Gasteiger partial charge in [0.25, 0.3) is 0 Å². The Hall–Kier alpha value is -0.120. The van der Waals surface area contributed by atoms with Crippen molar-refractivity contribution in [3.05, 3.63) is 0 Å². The summed E-state index contributed by atoms with van der Waals surface area (Å²) < 4.78 is 0. The molecule has 62 valence electrons. The molecule has 0 aliphatic rings. The summed E-state index contributed by atoms with van der Waals surface area (Å²) in [6.45, 7) is 2.71. The maximum absolute atomic E-state index is 9.22. The predicted octanol–water partition coefficient (Wildman–Crippen LogP) is -0.354. The number of rotatable bonds is 4. The number of aliphatic hydroxyl groups is 1. The number of nitrogens with two attached hydrogens (primary N) is 1. The van der Waals surface area contributed by atoms with Crippen LogP contribution in [0.4, 0.5) is 0 Å². The second kappa shape index (κ2) is 4.66. The molecule has 0 rings (SSSR count). The maximum atomic E-state index is 9.22. The van der Waals surface area contributed by atoms with Crippen LogP contribution in [-0.2, 0) is 0 Å². The summed E-state index contributed by atoms with van der Waals surface area (Å²) in [5, 5.41) is 9.22. The van der Waals surface area contributed by atoms with Crippen LogP contribution in [-0.4, -0.2) is 42.8 Å². The quantitative estimate of drug-likeness (QED) is 0.570. The van der Waals surface area contributed by atoms with Gasteiger partial charge in [-0.25, -0.2) is 0 Å². The van der Waals surface area contributed by atoms with Gasteiger partial charge >= 0.3 is 0 Å². The van der Waals surface area contributed by atoms with Crippen molar-refractivity contribution in [3.63, 3.8) is 0 Å². The summed E-state index contributed by atoms with van der Waals surface area (Å²) in [4.78, 5) is 2.03. The van der Waals surface area contributed by atoms with Crippen LogP contribution in [0, 0.1) is 0 Å². The van der Waals surface area contributed by atoms with Crippen LogP contribution in [0.5, 0.6) is 0 Å². The Morgan fingerprint density at radius 3 is 2.30 bits per heavy atom. The zero-order valence-electron chi connectivity index (χ0n) is 7.04. The average molecular weight is 146 g/mol. The van der Waals surface area contributed by atoms with Crippen molar-refractivity contribution in [3.8, 4) is 0 Å². The van der Waals surface area contributed by atoms with Crippen molar-refractivity contribution in [2.24, 2.45) is 5.73 Å². The molecule has 0 aliphatic heterocycles. The third-order valence-corrected chi connectivity index (χ3v) is 1.48. The first-order valence-electron chi connectivity index (χ1n) is 3.62. The molecule has 0 amide bonds. The molecule has 3 nitrogen and oxygen atoms in total. The van der Waals surface area contributed by atoms with E-state index in [0.29, 0.717) is 0 Å². The third-order valence-electron chi connectivity index (χ3n) is 1.48. The van der Waals surface area contributed by atoms with E-state index in [9.17, 15) is 5.11 Å². The second-order valence-electron chi connectivity index (χ2n) is 3.02. The molecule has 0 radical (unpaired) electrons. The second-order valence-corrected chi connectivity index (χ2v) is 3.02. The highest BCUT2D eigenvalue weighted by molar-refractivity contribution is 4.66. The van der Waals surface area contributed by atoms with E-state index in [2.05, 4.69) is 0 Å². The molecule has 0 fully saturated rings. The Kier molecular flexibility index (Phi) is 4.60. The van der Waals surface area contributed by atoms with Gasteiger partial charge in [0.05, 0.1) is 6.10 Å². The van der Waals surface area contributed by atoms with Gasteiger partial charge in [0, 0.05) is 12.6 Å². The normalized spacial score (nSPS) is 17.4. The van der Waals surface area contributed by atoms with Crippen LogP contribution in [0.15, 0.2) is 0 Å². The van der Waals surface area contributed by atoms with Crippen LogP contribution in [0.25, 0.3) is 0 Å². The van der Waals surface area contributed by atoms with Crippen molar-refractivity contribution in [1.82, 2.24) is 4.90 Å². The Morgan fingerprint density at radius 2 is 2.00 bits per heavy atom. The molecule has 2 unspecified atom stereocenters. The summed E-state index contributed by atoms with van der Waals surface area (Å²) in [7, 11) is 3.96. The van der Waals surface area contributed by atoms with E-state index in [1.165, 1.54) is 0 Å². The van der Waals surface area contributed by atoms with Crippen molar-refractivity contribution >= 4 is 0 Å². The van der Waals surface area contributed by atoms with E-state index >= 15 is 0 Å². The summed E-state index contributed by atoms with van der Waals surface area (Å²) in [6, 6.07) is -0.111. The monoisotopic (exact) mass is 146 g/mol. The lowest BCUT2D eigenvalue weighted by atomic mass is 10.1. The zero-order valence-corrected chi connectivity index (χ0v) is 7.04. The molecule has 0 saturated heterocycles. The van der Waals surface area contributed by atoms with Gasteiger partial charge in [-0.3, -0.25) is 0 Å². The molecule has 2 atom stereocenters. The average Bonchev–Trinajstić information content (AvgIpc) is 1.82. The molecule has 0 aliphatic carbocycles. The standard InChI is InChI=1S/C7H18N2O/c1-6(8)7(10)4-5-9(2)3/h6-7,10H,4-5,8H2,1-3H3.